The molecule has 0 unspecified atom stereocenters. The molecule has 0 aliphatic carbocycles. The lowest BCUT2D eigenvalue weighted by Gasteiger charge is -2.19. The molecule has 0 bridgehead atoms. The standard InChI is InChI=1S/C16H16O4/c17-10-12-1-4-14(5-2-12)20-11-13-3-6-15-16(9-13)19-8-7-18-15/h1-6,9,17H,7-8,10-11H2. The molecular formula is C16H16O4. The SMILES string of the molecule is OCc1ccc(OCc2ccc3c(c2)OCCO3)cc1. The van der Waals surface area contributed by atoms with Crippen LogP contribution in [-0.2, 0) is 13.2 Å². The first-order chi connectivity index (χ1) is 9.85. The summed E-state index contributed by atoms with van der Waals surface area (Å²) in [5, 5.41) is 8.98. The van der Waals surface area contributed by atoms with E-state index in [2.05, 4.69) is 0 Å². The summed E-state index contributed by atoms with van der Waals surface area (Å²) < 4.78 is 16.7. The molecule has 4 heteroatoms. The zero-order chi connectivity index (χ0) is 13.8. The van der Waals surface area contributed by atoms with E-state index in [1.807, 2.05) is 42.5 Å². The first kappa shape index (κ1) is 12.8. The molecule has 0 aromatic heterocycles. The summed E-state index contributed by atoms with van der Waals surface area (Å²) in [6, 6.07) is 13.2. The molecule has 3 rings (SSSR count). The quantitative estimate of drug-likeness (QED) is 0.929. The largest absolute Gasteiger partial charge is 0.489 e. The third kappa shape index (κ3) is 2.86. The van der Waals surface area contributed by atoms with Gasteiger partial charge in [-0.2, -0.15) is 0 Å². The molecular weight excluding hydrogens is 256 g/mol. The van der Waals surface area contributed by atoms with E-state index in [4.69, 9.17) is 19.3 Å². The van der Waals surface area contributed by atoms with Gasteiger partial charge in [0.15, 0.2) is 11.5 Å². The Labute approximate surface area is 117 Å². The fourth-order valence-electron chi connectivity index (χ4n) is 2.04. The van der Waals surface area contributed by atoms with Crippen molar-refractivity contribution in [2.24, 2.45) is 0 Å². The molecule has 1 aliphatic heterocycles. The Hall–Kier alpha value is -2.20. The van der Waals surface area contributed by atoms with Crippen molar-refractivity contribution in [3.8, 4) is 17.2 Å². The Balaban J connectivity index is 1.65. The van der Waals surface area contributed by atoms with Gasteiger partial charge in [-0.15, -0.1) is 0 Å². The summed E-state index contributed by atoms with van der Waals surface area (Å²) in [5.41, 5.74) is 1.90. The van der Waals surface area contributed by atoms with Gasteiger partial charge in [0.1, 0.15) is 25.6 Å². The number of rotatable bonds is 4. The Kier molecular flexibility index (Phi) is 3.74. The molecule has 1 N–H and O–H groups in total. The minimum Gasteiger partial charge on any atom is -0.489 e. The first-order valence-electron chi connectivity index (χ1n) is 6.56. The van der Waals surface area contributed by atoms with Crippen molar-refractivity contribution in [3.63, 3.8) is 0 Å². The molecule has 104 valence electrons. The first-order valence-corrected chi connectivity index (χ1v) is 6.56. The lowest BCUT2D eigenvalue weighted by atomic mass is 10.2. The molecule has 2 aromatic carbocycles. The van der Waals surface area contributed by atoms with Crippen LogP contribution in [0.15, 0.2) is 42.5 Å². The van der Waals surface area contributed by atoms with Crippen LogP contribution in [-0.4, -0.2) is 18.3 Å². The minimum atomic E-state index is 0.0441. The van der Waals surface area contributed by atoms with E-state index in [1.54, 1.807) is 0 Å². The highest BCUT2D eigenvalue weighted by molar-refractivity contribution is 5.43. The maximum absolute atomic E-state index is 8.98. The van der Waals surface area contributed by atoms with Crippen LogP contribution in [0.25, 0.3) is 0 Å². The van der Waals surface area contributed by atoms with Gasteiger partial charge in [0.25, 0.3) is 0 Å². The Morgan fingerprint density at radius 1 is 0.900 bits per heavy atom. The minimum absolute atomic E-state index is 0.0441. The normalized spacial score (nSPS) is 13.1. The Morgan fingerprint density at radius 2 is 1.60 bits per heavy atom. The van der Waals surface area contributed by atoms with Crippen molar-refractivity contribution < 1.29 is 19.3 Å². The molecule has 20 heavy (non-hydrogen) atoms. The van der Waals surface area contributed by atoms with Gasteiger partial charge in [-0.25, -0.2) is 0 Å². The van der Waals surface area contributed by atoms with E-state index in [9.17, 15) is 0 Å². The Morgan fingerprint density at radius 3 is 2.35 bits per heavy atom. The van der Waals surface area contributed by atoms with Crippen molar-refractivity contribution in [1.29, 1.82) is 0 Å². The topological polar surface area (TPSA) is 47.9 Å². The van der Waals surface area contributed by atoms with Gasteiger partial charge >= 0.3 is 0 Å². The van der Waals surface area contributed by atoms with Crippen LogP contribution in [0.4, 0.5) is 0 Å². The smallest absolute Gasteiger partial charge is 0.161 e. The highest BCUT2D eigenvalue weighted by Gasteiger charge is 2.11. The molecule has 2 aromatic rings. The molecule has 0 saturated carbocycles. The van der Waals surface area contributed by atoms with Gasteiger partial charge in [-0.3, -0.25) is 0 Å². The van der Waals surface area contributed by atoms with Crippen molar-refractivity contribution in [3.05, 3.63) is 53.6 Å². The van der Waals surface area contributed by atoms with Crippen LogP contribution < -0.4 is 14.2 Å². The van der Waals surface area contributed by atoms with E-state index in [0.29, 0.717) is 19.8 Å². The van der Waals surface area contributed by atoms with Crippen LogP contribution in [0.3, 0.4) is 0 Å². The average Bonchev–Trinajstić information content (AvgIpc) is 2.53. The molecule has 4 nitrogen and oxygen atoms in total. The Bertz CT molecular complexity index is 578. The van der Waals surface area contributed by atoms with Gasteiger partial charge in [-0.05, 0) is 35.4 Å². The summed E-state index contributed by atoms with van der Waals surface area (Å²) in [4.78, 5) is 0. The fourth-order valence-corrected chi connectivity index (χ4v) is 2.04. The molecule has 0 saturated heterocycles. The average molecular weight is 272 g/mol. The second-order valence-electron chi connectivity index (χ2n) is 4.57. The van der Waals surface area contributed by atoms with Crippen LogP contribution in [0.1, 0.15) is 11.1 Å². The third-order valence-corrected chi connectivity index (χ3v) is 3.12. The van der Waals surface area contributed by atoms with Crippen molar-refractivity contribution in [2.75, 3.05) is 13.2 Å². The third-order valence-electron chi connectivity index (χ3n) is 3.12. The summed E-state index contributed by atoms with van der Waals surface area (Å²) >= 11 is 0. The van der Waals surface area contributed by atoms with Crippen molar-refractivity contribution in [1.82, 2.24) is 0 Å². The molecule has 0 fully saturated rings. The summed E-state index contributed by atoms with van der Waals surface area (Å²) in [5.74, 6) is 2.33. The molecule has 0 radical (unpaired) electrons. The van der Waals surface area contributed by atoms with E-state index in [1.165, 1.54) is 0 Å². The summed E-state index contributed by atoms with van der Waals surface area (Å²) in [6.07, 6.45) is 0. The van der Waals surface area contributed by atoms with E-state index < -0.39 is 0 Å². The number of aliphatic hydroxyl groups is 1. The number of ether oxygens (including phenoxy) is 3. The fraction of sp³-hybridized carbons (Fsp3) is 0.250. The second-order valence-corrected chi connectivity index (χ2v) is 4.57. The highest BCUT2D eigenvalue weighted by atomic mass is 16.6. The van der Waals surface area contributed by atoms with Gasteiger partial charge in [-0.1, -0.05) is 18.2 Å². The molecule has 1 heterocycles. The van der Waals surface area contributed by atoms with Crippen LogP contribution >= 0.6 is 0 Å². The van der Waals surface area contributed by atoms with Gasteiger partial charge in [0.2, 0.25) is 0 Å². The van der Waals surface area contributed by atoms with Crippen molar-refractivity contribution in [2.45, 2.75) is 13.2 Å². The summed E-state index contributed by atoms with van der Waals surface area (Å²) in [6.45, 7) is 1.69. The summed E-state index contributed by atoms with van der Waals surface area (Å²) in [7, 11) is 0. The number of benzene rings is 2. The van der Waals surface area contributed by atoms with Crippen LogP contribution in [0.2, 0.25) is 0 Å². The maximum Gasteiger partial charge on any atom is 0.161 e. The van der Waals surface area contributed by atoms with Crippen LogP contribution in [0.5, 0.6) is 17.2 Å². The predicted molar refractivity (Wildman–Crippen MR) is 74.1 cm³/mol. The monoisotopic (exact) mass is 272 g/mol. The maximum atomic E-state index is 8.98. The molecule has 0 atom stereocenters. The van der Waals surface area contributed by atoms with Crippen LogP contribution in [0, 0.1) is 0 Å². The van der Waals surface area contributed by atoms with Gasteiger partial charge < -0.3 is 19.3 Å². The van der Waals surface area contributed by atoms with Gasteiger partial charge in [0, 0.05) is 0 Å². The number of fused-ring (bicyclic) bond motifs is 1. The van der Waals surface area contributed by atoms with E-state index >= 15 is 0 Å². The number of hydrogen-bond donors (Lipinski definition) is 1. The zero-order valence-corrected chi connectivity index (χ0v) is 11.0. The zero-order valence-electron chi connectivity index (χ0n) is 11.0. The second kappa shape index (κ2) is 5.84. The van der Waals surface area contributed by atoms with Crippen molar-refractivity contribution >= 4 is 0 Å². The highest BCUT2D eigenvalue weighted by Crippen LogP contribution is 2.31. The number of hydrogen-bond acceptors (Lipinski definition) is 4. The molecule has 0 spiro atoms. The number of aliphatic hydroxyl groups excluding tert-OH is 1. The predicted octanol–water partition coefficient (Wildman–Crippen LogP) is 2.53. The lowest BCUT2D eigenvalue weighted by Crippen LogP contribution is -2.15. The van der Waals surface area contributed by atoms with Gasteiger partial charge in [0.05, 0.1) is 6.61 Å². The lowest BCUT2D eigenvalue weighted by molar-refractivity contribution is 0.171. The van der Waals surface area contributed by atoms with E-state index in [-0.39, 0.29) is 6.61 Å². The van der Waals surface area contributed by atoms with E-state index in [0.717, 1.165) is 28.4 Å². The molecule has 0 amide bonds. The molecule has 1 aliphatic rings.